The average molecular weight is 284 g/mol. The maximum absolute atomic E-state index is 12.0. The standard InChI is InChI=1S/C13H16O5S/c1-2-19-13(18)9(12(16)17)11(15)10(14)8-6-4-3-5-7-8/h3-7,9-10,13-14,18H,2H2,1H3,(H,16,17). The molecular weight excluding hydrogens is 268 g/mol. The minimum Gasteiger partial charge on any atom is -0.481 e. The molecule has 6 heteroatoms. The number of hydrogen-bond donors (Lipinski definition) is 3. The summed E-state index contributed by atoms with van der Waals surface area (Å²) in [7, 11) is 0. The Morgan fingerprint density at radius 3 is 2.26 bits per heavy atom. The van der Waals surface area contributed by atoms with Gasteiger partial charge in [-0.3, -0.25) is 9.59 Å². The highest BCUT2D eigenvalue weighted by atomic mass is 32.2. The number of carbonyl (C=O) groups is 2. The van der Waals surface area contributed by atoms with Gasteiger partial charge in [0.2, 0.25) is 0 Å². The molecule has 0 saturated carbocycles. The smallest absolute Gasteiger partial charge is 0.317 e. The molecule has 1 aromatic carbocycles. The van der Waals surface area contributed by atoms with Crippen molar-refractivity contribution in [2.75, 3.05) is 5.75 Å². The van der Waals surface area contributed by atoms with Crippen LogP contribution in [0.2, 0.25) is 0 Å². The highest BCUT2D eigenvalue weighted by molar-refractivity contribution is 7.99. The summed E-state index contributed by atoms with van der Waals surface area (Å²) in [5.74, 6) is -3.51. The Balaban J connectivity index is 2.91. The Morgan fingerprint density at radius 1 is 1.21 bits per heavy atom. The Labute approximate surface area is 115 Å². The Kier molecular flexibility index (Phi) is 6.01. The van der Waals surface area contributed by atoms with Crippen molar-refractivity contribution in [1.29, 1.82) is 0 Å². The fraction of sp³-hybridized carbons (Fsp3) is 0.385. The van der Waals surface area contributed by atoms with E-state index in [-0.39, 0.29) is 0 Å². The van der Waals surface area contributed by atoms with Gasteiger partial charge in [0, 0.05) is 0 Å². The van der Waals surface area contributed by atoms with Crippen molar-refractivity contribution in [3.8, 4) is 0 Å². The van der Waals surface area contributed by atoms with E-state index >= 15 is 0 Å². The summed E-state index contributed by atoms with van der Waals surface area (Å²) in [5.41, 5.74) is -1.05. The van der Waals surface area contributed by atoms with E-state index in [4.69, 9.17) is 5.11 Å². The SMILES string of the molecule is CCSC(O)C(C(=O)O)C(=O)C(O)c1ccccc1. The maximum atomic E-state index is 12.0. The lowest BCUT2D eigenvalue weighted by molar-refractivity contribution is -0.152. The number of carbonyl (C=O) groups excluding carboxylic acids is 1. The summed E-state index contributed by atoms with van der Waals surface area (Å²) in [6, 6.07) is 8.05. The predicted molar refractivity (Wildman–Crippen MR) is 71.7 cm³/mol. The topological polar surface area (TPSA) is 94.8 Å². The average Bonchev–Trinajstić information content (AvgIpc) is 2.38. The van der Waals surface area contributed by atoms with E-state index in [9.17, 15) is 19.8 Å². The third-order valence-electron chi connectivity index (χ3n) is 2.58. The number of carboxylic acid groups (broad SMARTS) is 1. The van der Waals surface area contributed by atoms with E-state index < -0.39 is 29.2 Å². The first-order valence-corrected chi connectivity index (χ1v) is 6.83. The molecule has 0 aliphatic heterocycles. The number of aliphatic carboxylic acids is 1. The second kappa shape index (κ2) is 7.28. The monoisotopic (exact) mass is 284 g/mol. The Bertz CT molecular complexity index is 434. The van der Waals surface area contributed by atoms with Crippen molar-refractivity contribution in [1.82, 2.24) is 0 Å². The number of rotatable bonds is 7. The first-order valence-electron chi connectivity index (χ1n) is 5.78. The lowest BCUT2D eigenvalue weighted by Gasteiger charge is -2.20. The summed E-state index contributed by atoms with van der Waals surface area (Å²) in [6.45, 7) is 1.74. The molecule has 1 rings (SSSR count). The number of benzene rings is 1. The van der Waals surface area contributed by atoms with Crippen LogP contribution in [0.1, 0.15) is 18.6 Å². The predicted octanol–water partition coefficient (Wildman–Crippen LogP) is 1.06. The van der Waals surface area contributed by atoms with Crippen LogP contribution in [0.4, 0.5) is 0 Å². The van der Waals surface area contributed by atoms with Crippen molar-refractivity contribution >= 4 is 23.5 Å². The minimum atomic E-state index is -1.64. The Hall–Kier alpha value is -1.37. The van der Waals surface area contributed by atoms with Gasteiger partial charge in [0.15, 0.2) is 11.7 Å². The molecular formula is C13H16O5S. The molecule has 0 aromatic heterocycles. The maximum Gasteiger partial charge on any atom is 0.317 e. The normalized spacial score (nSPS) is 15.5. The van der Waals surface area contributed by atoms with E-state index in [0.29, 0.717) is 11.3 Å². The summed E-state index contributed by atoms with van der Waals surface area (Å²) in [5, 5.41) is 28.6. The van der Waals surface area contributed by atoms with Gasteiger partial charge in [-0.25, -0.2) is 0 Å². The van der Waals surface area contributed by atoms with Crippen LogP contribution in [-0.4, -0.2) is 38.3 Å². The van der Waals surface area contributed by atoms with Crippen molar-refractivity contribution in [2.45, 2.75) is 18.5 Å². The number of hydrogen-bond acceptors (Lipinski definition) is 5. The third kappa shape index (κ3) is 4.05. The number of Topliss-reactive ketones (excluding diaryl/α,β-unsaturated/α-hetero) is 1. The van der Waals surface area contributed by atoms with Crippen LogP contribution < -0.4 is 0 Å². The molecule has 3 atom stereocenters. The van der Waals surface area contributed by atoms with Gasteiger partial charge >= 0.3 is 5.97 Å². The van der Waals surface area contributed by atoms with Crippen molar-refractivity contribution in [3.63, 3.8) is 0 Å². The quantitative estimate of drug-likeness (QED) is 0.512. The first kappa shape index (κ1) is 15.7. The minimum absolute atomic E-state index is 0.312. The van der Waals surface area contributed by atoms with Crippen LogP contribution in [-0.2, 0) is 9.59 Å². The summed E-state index contributed by atoms with van der Waals surface area (Å²) < 4.78 is 0. The lowest BCUT2D eigenvalue weighted by atomic mass is 9.96. The molecule has 0 amide bonds. The largest absolute Gasteiger partial charge is 0.481 e. The number of thioether (sulfide) groups is 1. The third-order valence-corrected chi connectivity index (χ3v) is 3.53. The summed E-state index contributed by atoms with van der Waals surface area (Å²) in [4.78, 5) is 23.1. The van der Waals surface area contributed by atoms with Gasteiger partial charge in [-0.05, 0) is 11.3 Å². The van der Waals surface area contributed by atoms with Crippen molar-refractivity contribution in [3.05, 3.63) is 35.9 Å². The van der Waals surface area contributed by atoms with Gasteiger partial charge in [0.25, 0.3) is 0 Å². The molecule has 3 unspecified atom stereocenters. The van der Waals surface area contributed by atoms with Gasteiger partial charge in [0.05, 0.1) is 0 Å². The van der Waals surface area contributed by atoms with Gasteiger partial charge in [-0.1, -0.05) is 37.3 Å². The van der Waals surface area contributed by atoms with E-state index in [0.717, 1.165) is 11.8 Å². The molecule has 0 spiro atoms. The molecule has 0 fully saturated rings. The molecule has 1 aromatic rings. The number of aliphatic hydroxyl groups is 2. The molecule has 0 saturated heterocycles. The fourth-order valence-electron chi connectivity index (χ4n) is 1.62. The zero-order chi connectivity index (χ0) is 14.4. The van der Waals surface area contributed by atoms with Gasteiger partial charge < -0.3 is 15.3 Å². The van der Waals surface area contributed by atoms with Crippen LogP contribution in [0.3, 0.4) is 0 Å². The van der Waals surface area contributed by atoms with Gasteiger partial charge in [-0.15, -0.1) is 11.8 Å². The highest BCUT2D eigenvalue weighted by Crippen LogP contribution is 2.25. The molecule has 3 N–H and O–H groups in total. The zero-order valence-corrected chi connectivity index (χ0v) is 11.2. The number of carboxylic acids is 1. The number of ketones is 1. The highest BCUT2D eigenvalue weighted by Gasteiger charge is 2.37. The second-order valence-electron chi connectivity index (χ2n) is 3.88. The lowest BCUT2D eigenvalue weighted by Crippen LogP contribution is -2.36. The van der Waals surface area contributed by atoms with E-state index in [1.165, 1.54) is 12.1 Å². The van der Waals surface area contributed by atoms with Crippen molar-refractivity contribution < 1.29 is 24.9 Å². The molecule has 0 heterocycles. The molecule has 0 aliphatic rings. The second-order valence-corrected chi connectivity index (χ2v) is 5.27. The van der Waals surface area contributed by atoms with E-state index in [1.54, 1.807) is 25.1 Å². The van der Waals surface area contributed by atoms with Crippen LogP contribution in [0.25, 0.3) is 0 Å². The molecule has 104 valence electrons. The summed E-state index contributed by atoms with van der Waals surface area (Å²) >= 11 is 0.951. The van der Waals surface area contributed by atoms with E-state index in [1.807, 2.05) is 0 Å². The van der Waals surface area contributed by atoms with Crippen molar-refractivity contribution in [2.24, 2.45) is 5.92 Å². The molecule has 5 nitrogen and oxygen atoms in total. The van der Waals surface area contributed by atoms with Gasteiger partial charge in [-0.2, -0.15) is 0 Å². The van der Waals surface area contributed by atoms with Crippen LogP contribution >= 0.6 is 11.8 Å². The molecule has 19 heavy (non-hydrogen) atoms. The Morgan fingerprint density at radius 2 is 1.79 bits per heavy atom. The first-order chi connectivity index (χ1) is 8.99. The zero-order valence-electron chi connectivity index (χ0n) is 10.4. The summed E-state index contributed by atoms with van der Waals surface area (Å²) in [6.07, 6.45) is -1.55. The molecule has 0 bridgehead atoms. The van der Waals surface area contributed by atoms with Crippen LogP contribution in [0.15, 0.2) is 30.3 Å². The number of aliphatic hydroxyl groups excluding tert-OH is 2. The van der Waals surface area contributed by atoms with Gasteiger partial charge in [0.1, 0.15) is 11.5 Å². The van der Waals surface area contributed by atoms with Crippen LogP contribution in [0, 0.1) is 5.92 Å². The van der Waals surface area contributed by atoms with Crippen LogP contribution in [0.5, 0.6) is 0 Å². The fourth-order valence-corrected chi connectivity index (χ4v) is 2.41. The van der Waals surface area contributed by atoms with E-state index in [2.05, 4.69) is 0 Å². The molecule has 0 aliphatic carbocycles. The molecule has 0 radical (unpaired) electrons.